The number of ether oxygens (including phenoxy) is 2. The summed E-state index contributed by atoms with van der Waals surface area (Å²) in [5.74, 6) is 0.968. The molecule has 4 rings (SSSR count). The Bertz CT molecular complexity index is 1080. The number of thiazole rings is 1. The van der Waals surface area contributed by atoms with Crippen LogP contribution in [0.4, 0.5) is 5.13 Å². The first kappa shape index (κ1) is 22.8. The maximum Gasteiger partial charge on any atom is 0.258 e. The van der Waals surface area contributed by atoms with E-state index in [9.17, 15) is 4.79 Å². The maximum atomic E-state index is 12.2. The number of methoxy groups -OCH3 is 1. The quantitative estimate of drug-likeness (QED) is 0.340. The fraction of sp³-hybridized carbons (Fsp3) is 0.320. The van der Waals surface area contributed by atoms with Crippen molar-refractivity contribution < 1.29 is 14.3 Å². The zero-order valence-corrected chi connectivity index (χ0v) is 19.4. The molecule has 1 heterocycles. The third-order valence-electron chi connectivity index (χ3n) is 5.46. The fourth-order valence-corrected chi connectivity index (χ4v) is 4.44. The van der Waals surface area contributed by atoms with E-state index in [1.165, 1.54) is 30.6 Å². The van der Waals surface area contributed by atoms with E-state index in [1.807, 2.05) is 47.8 Å². The summed E-state index contributed by atoms with van der Waals surface area (Å²) >= 11 is 1.49. The molecule has 1 aliphatic rings. The normalized spacial score (nSPS) is 14.2. The minimum atomic E-state index is -0.0999. The predicted molar refractivity (Wildman–Crippen MR) is 132 cm³/mol. The van der Waals surface area contributed by atoms with Crippen LogP contribution in [0.15, 0.2) is 59.0 Å². The van der Waals surface area contributed by atoms with Gasteiger partial charge in [-0.1, -0.05) is 49.6 Å². The number of amides is 1. The Kier molecular flexibility index (Phi) is 7.92. The Morgan fingerprint density at radius 2 is 1.97 bits per heavy atom. The molecule has 33 heavy (non-hydrogen) atoms. The number of benzene rings is 2. The summed E-state index contributed by atoms with van der Waals surface area (Å²) < 4.78 is 11.1. The standard InChI is InChI=1S/C25H28N4O3S/c1-31-23-14-18(12-13-22(23)32-16-24(30)27-20-10-6-3-7-11-20)15-26-29-25-28-21(17-33-25)19-8-4-2-5-9-19/h2,4-5,8-9,12-15,17,20H,3,6-7,10-11,16H2,1H3,(H,27,30)(H,28,29). The van der Waals surface area contributed by atoms with E-state index >= 15 is 0 Å². The van der Waals surface area contributed by atoms with Crippen molar-refractivity contribution in [1.82, 2.24) is 10.3 Å². The SMILES string of the molecule is COc1cc(C=NNc2nc(-c3ccccc3)cs2)ccc1OCC(=O)NC1CCCCC1. The van der Waals surface area contributed by atoms with E-state index in [0.29, 0.717) is 16.6 Å². The van der Waals surface area contributed by atoms with Crippen molar-refractivity contribution in [2.45, 2.75) is 38.1 Å². The number of nitrogens with zero attached hydrogens (tertiary/aromatic N) is 2. The van der Waals surface area contributed by atoms with Crippen LogP contribution in [0.25, 0.3) is 11.3 Å². The summed E-state index contributed by atoms with van der Waals surface area (Å²) in [6, 6.07) is 15.7. The predicted octanol–water partition coefficient (Wildman–Crippen LogP) is 5.09. The van der Waals surface area contributed by atoms with Gasteiger partial charge in [0.2, 0.25) is 5.13 Å². The largest absolute Gasteiger partial charge is 0.493 e. The van der Waals surface area contributed by atoms with E-state index in [0.717, 1.165) is 29.7 Å². The first-order valence-corrected chi connectivity index (χ1v) is 12.0. The van der Waals surface area contributed by atoms with Gasteiger partial charge in [0.05, 0.1) is 19.0 Å². The number of aromatic nitrogens is 1. The zero-order chi connectivity index (χ0) is 22.9. The Balaban J connectivity index is 1.30. The highest BCUT2D eigenvalue weighted by Gasteiger charge is 2.16. The maximum absolute atomic E-state index is 12.2. The molecule has 2 aromatic carbocycles. The molecular weight excluding hydrogens is 436 g/mol. The first-order chi connectivity index (χ1) is 16.2. The minimum Gasteiger partial charge on any atom is -0.493 e. The summed E-state index contributed by atoms with van der Waals surface area (Å²) in [5.41, 5.74) is 5.78. The molecule has 3 aromatic rings. The second kappa shape index (κ2) is 11.5. The van der Waals surface area contributed by atoms with Crippen LogP contribution in [0.5, 0.6) is 11.5 Å². The Morgan fingerprint density at radius 3 is 2.76 bits per heavy atom. The number of nitrogens with one attached hydrogen (secondary N) is 2. The molecule has 0 saturated heterocycles. The summed E-state index contributed by atoms with van der Waals surface area (Å²) in [5, 5.41) is 10.0. The number of rotatable bonds is 9. The van der Waals surface area contributed by atoms with Crippen LogP contribution in [-0.2, 0) is 4.79 Å². The van der Waals surface area contributed by atoms with Crippen LogP contribution < -0.4 is 20.2 Å². The highest BCUT2D eigenvalue weighted by atomic mass is 32.1. The van der Waals surface area contributed by atoms with E-state index < -0.39 is 0 Å². The van der Waals surface area contributed by atoms with Crippen LogP contribution in [0, 0.1) is 0 Å². The molecular formula is C25H28N4O3S. The molecule has 8 heteroatoms. The van der Waals surface area contributed by atoms with Gasteiger partial charge in [-0.2, -0.15) is 5.10 Å². The van der Waals surface area contributed by atoms with Crippen molar-refractivity contribution in [2.75, 3.05) is 19.1 Å². The fourth-order valence-electron chi connectivity index (χ4n) is 3.77. The van der Waals surface area contributed by atoms with Crippen LogP contribution in [-0.4, -0.2) is 36.9 Å². The molecule has 0 atom stereocenters. The summed E-state index contributed by atoms with van der Waals surface area (Å²) in [6.45, 7) is -0.0321. The van der Waals surface area contributed by atoms with E-state index in [-0.39, 0.29) is 18.6 Å². The second-order valence-electron chi connectivity index (χ2n) is 7.88. The number of hydrogen-bond donors (Lipinski definition) is 2. The minimum absolute atomic E-state index is 0.0321. The number of carbonyl (C=O) groups is 1. The molecule has 0 spiro atoms. The van der Waals surface area contributed by atoms with Crippen LogP contribution in [0.2, 0.25) is 0 Å². The molecule has 2 N–H and O–H groups in total. The average Bonchev–Trinajstić information content (AvgIpc) is 3.33. The average molecular weight is 465 g/mol. The first-order valence-electron chi connectivity index (χ1n) is 11.1. The Labute approximate surface area is 197 Å². The third-order valence-corrected chi connectivity index (χ3v) is 6.21. The van der Waals surface area contributed by atoms with Crippen LogP contribution in [0.3, 0.4) is 0 Å². The highest BCUT2D eigenvalue weighted by molar-refractivity contribution is 7.14. The van der Waals surface area contributed by atoms with Crippen LogP contribution in [0.1, 0.15) is 37.7 Å². The smallest absolute Gasteiger partial charge is 0.258 e. The molecule has 1 fully saturated rings. The third kappa shape index (κ3) is 6.55. The summed E-state index contributed by atoms with van der Waals surface area (Å²) in [4.78, 5) is 16.8. The molecule has 0 unspecified atom stereocenters. The van der Waals surface area contributed by atoms with E-state index in [1.54, 1.807) is 19.4 Å². The van der Waals surface area contributed by atoms with Gasteiger partial charge in [-0.15, -0.1) is 11.3 Å². The van der Waals surface area contributed by atoms with Gasteiger partial charge in [-0.3, -0.25) is 10.2 Å². The lowest BCUT2D eigenvalue weighted by Gasteiger charge is -2.22. The molecule has 1 saturated carbocycles. The van der Waals surface area contributed by atoms with Crippen molar-refractivity contribution in [3.8, 4) is 22.8 Å². The van der Waals surface area contributed by atoms with Gasteiger partial charge < -0.3 is 14.8 Å². The Hall–Kier alpha value is -3.39. The van der Waals surface area contributed by atoms with Gasteiger partial charge in [-0.05, 0) is 36.6 Å². The molecule has 0 aliphatic heterocycles. The lowest BCUT2D eigenvalue weighted by Crippen LogP contribution is -2.39. The van der Waals surface area contributed by atoms with E-state index in [2.05, 4.69) is 20.8 Å². The molecule has 1 aliphatic carbocycles. The topological polar surface area (TPSA) is 84.8 Å². The second-order valence-corrected chi connectivity index (χ2v) is 8.73. The van der Waals surface area contributed by atoms with Crippen LogP contribution >= 0.6 is 11.3 Å². The van der Waals surface area contributed by atoms with Gasteiger partial charge in [-0.25, -0.2) is 4.98 Å². The number of carbonyl (C=O) groups excluding carboxylic acids is 1. The number of hydrazone groups is 1. The highest BCUT2D eigenvalue weighted by Crippen LogP contribution is 2.28. The molecule has 0 bridgehead atoms. The molecule has 172 valence electrons. The number of hydrogen-bond acceptors (Lipinski definition) is 7. The monoisotopic (exact) mass is 464 g/mol. The molecule has 1 amide bonds. The zero-order valence-electron chi connectivity index (χ0n) is 18.6. The van der Waals surface area contributed by atoms with Gasteiger partial charge >= 0.3 is 0 Å². The molecule has 0 radical (unpaired) electrons. The van der Waals surface area contributed by atoms with E-state index in [4.69, 9.17) is 9.47 Å². The lowest BCUT2D eigenvalue weighted by atomic mass is 9.95. The summed E-state index contributed by atoms with van der Waals surface area (Å²) in [6.07, 6.45) is 7.38. The van der Waals surface area contributed by atoms with Crippen molar-refractivity contribution in [3.63, 3.8) is 0 Å². The van der Waals surface area contributed by atoms with Gasteiger partial charge in [0.15, 0.2) is 18.1 Å². The summed E-state index contributed by atoms with van der Waals surface area (Å²) in [7, 11) is 1.57. The Morgan fingerprint density at radius 1 is 1.15 bits per heavy atom. The molecule has 7 nitrogen and oxygen atoms in total. The van der Waals surface area contributed by atoms with Gasteiger partial charge in [0, 0.05) is 17.0 Å². The van der Waals surface area contributed by atoms with Gasteiger partial charge in [0.1, 0.15) is 0 Å². The molecule has 1 aromatic heterocycles. The van der Waals surface area contributed by atoms with Crippen molar-refractivity contribution in [3.05, 3.63) is 59.5 Å². The van der Waals surface area contributed by atoms with Crippen molar-refractivity contribution >= 4 is 28.6 Å². The van der Waals surface area contributed by atoms with Crippen molar-refractivity contribution in [2.24, 2.45) is 5.10 Å². The van der Waals surface area contributed by atoms with Crippen molar-refractivity contribution in [1.29, 1.82) is 0 Å². The number of anilines is 1. The lowest BCUT2D eigenvalue weighted by molar-refractivity contribution is -0.124. The van der Waals surface area contributed by atoms with Gasteiger partial charge in [0.25, 0.3) is 5.91 Å².